The van der Waals surface area contributed by atoms with Gasteiger partial charge in [0.05, 0.1) is 6.10 Å². The molecule has 1 saturated carbocycles. The molecule has 0 amide bonds. The monoisotopic (exact) mass is 197 g/mol. The lowest BCUT2D eigenvalue weighted by Crippen LogP contribution is -2.39. The highest BCUT2D eigenvalue weighted by atomic mass is 19.4. The molecule has 0 spiro atoms. The zero-order valence-corrected chi connectivity index (χ0v) is 7.47. The summed E-state index contributed by atoms with van der Waals surface area (Å²) in [4.78, 5) is 0. The number of alkyl halides is 3. The van der Waals surface area contributed by atoms with E-state index in [9.17, 15) is 13.2 Å². The summed E-state index contributed by atoms with van der Waals surface area (Å²) < 4.78 is 41.0. The van der Waals surface area contributed by atoms with Gasteiger partial charge >= 0.3 is 6.18 Å². The standard InChI is InChI=1S/C8H14F3NO/c1-5(8(9,10)11)13-7-4-2-3-6(7)12/h5-7H,2-4,12H2,1H3. The molecule has 0 radical (unpaired) electrons. The fourth-order valence-corrected chi connectivity index (χ4v) is 1.46. The predicted octanol–water partition coefficient (Wildman–Crippen LogP) is 1.83. The second-order valence-electron chi connectivity index (χ2n) is 3.45. The summed E-state index contributed by atoms with van der Waals surface area (Å²) in [6, 6.07) is -0.232. The minimum absolute atomic E-state index is 0.232. The normalized spacial score (nSPS) is 32.1. The molecule has 5 heteroatoms. The molecule has 0 saturated heterocycles. The third-order valence-corrected chi connectivity index (χ3v) is 2.34. The zero-order valence-electron chi connectivity index (χ0n) is 7.47. The SMILES string of the molecule is CC(OC1CCCC1N)C(F)(F)F. The summed E-state index contributed by atoms with van der Waals surface area (Å²) in [5.41, 5.74) is 5.58. The second kappa shape index (κ2) is 3.84. The lowest BCUT2D eigenvalue weighted by atomic mass is 10.2. The molecule has 1 aliphatic rings. The van der Waals surface area contributed by atoms with Crippen molar-refractivity contribution in [2.24, 2.45) is 5.73 Å². The first-order valence-electron chi connectivity index (χ1n) is 4.39. The molecule has 0 bridgehead atoms. The van der Waals surface area contributed by atoms with E-state index >= 15 is 0 Å². The maximum absolute atomic E-state index is 12.1. The quantitative estimate of drug-likeness (QED) is 0.733. The Labute approximate surface area is 75.2 Å². The molecule has 13 heavy (non-hydrogen) atoms. The van der Waals surface area contributed by atoms with E-state index in [1.165, 1.54) is 0 Å². The molecule has 78 valence electrons. The van der Waals surface area contributed by atoms with Crippen LogP contribution < -0.4 is 5.73 Å². The van der Waals surface area contributed by atoms with E-state index in [-0.39, 0.29) is 6.04 Å². The molecule has 0 aliphatic heterocycles. The lowest BCUT2D eigenvalue weighted by molar-refractivity contribution is -0.227. The van der Waals surface area contributed by atoms with Crippen LogP contribution in [0.2, 0.25) is 0 Å². The Bertz CT molecular complexity index is 171. The van der Waals surface area contributed by atoms with E-state index in [2.05, 4.69) is 0 Å². The van der Waals surface area contributed by atoms with Crippen LogP contribution >= 0.6 is 0 Å². The summed E-state index contributed by atoms with van der Waals surface area (Å²) >= 11 is 0. The molecule has 3 atom stereocenters. The van der Waals surface area contributed by atoms with Crippen molar-refractivity contribution in [2.45, 2.75) is 50.6 Å². The van der Waals surface area contributed by atoms with Gasteiger partial charge in [-0.2, -0.15) is 13.2 Å². The van der Waals surface area contributed by atoms with Crippen LogP contribution in [0.5, 0.6) is 0 Å². The molecule has 2 nitrogen and oxygen atoms in total. The van der Waals surface area contributed by atoms with Gasteiger partial charge in [0, 0.05) is 6.04 Å². The van der Waals surface area contributed by atoms with E-state index in [0.717, 1.165) is 19.8 Å². The largest absolute Gasteiger partial charge is 0.414 e. The Hall–Kier alpha value is -0.290. The first-order chi connectivity index (χ1) is 5.91. The van der Waals surface area contributed by atoms with Gasteiger partial charge in [-0.15, -0.1) is 0 Å². The van der Waals surface area contributed by atoms with E-state index in [0.29, 0.717) is 6.42 Å². The molecule has 1 rings (SSSR count). The Kier molecular flexibility index (Phi) is 3.18. The van der Waals surface area contributed by atoms with E-state index in [1.807, 2.05) is 0 Å². The van der Waals surface area contributed by atoms with Crippen LogP contribution in [0, 0.1) is 0 Å². The van der Waals surface area contributed by atoms with E-state index < -0.39 is 18.4 Å². The molecule has 0 aromatic heterocycles. The molecule has 1 fully saturated rings. The van der Waals surface area contributed by atoms with Crippen molar-refractivity contribution in [3.05, 3.63) is 0 Å². The van der Waals surface area contributed by atoms with Gasteiger partial charge in [0.25, 0.3) is 0 Å². The van der Waals surface area contributed by atoms with Crippen molar-refractivity contribution in [2.75, 3.05) is 0 Å². The third-order valence-electron chi connectivity index (χ3n) is 2.34. The van der Waals surface area contributed by atoms with E-state index in [4.69, 9.17) is 10.5 Å². The van der Waals surface area contributed by atoms with Gasteiger partial charge in [-0.05, 0) is 26.2 Å². The van der Waals surface area contributed by atoms with Crippen molar-refractivity contribution in [1.82, 2.24) is 0 Å². The van der Waals surface area contributed by atoms with Gasteiger partial charge in [-0.3, -0.25) is 0 Å². The Morgan fingerprint density at radius 1 is 1.38 bits per heavy atom. The van der Waals surface area contributed by atoms with Gasteiger partial charge in [0.2, 0.25) is 0 Å². The summed E-state index contributed by atoms with van der Waals surface area (Å²) in [7, 11) is 0. The third kappa shape index (κ3) is 2.84. The maximum atomic E-state index is 12.1. The molecule has 0 aromatic carbocycles. The van der Waals surface area contributed by atoms with Crippen molar-refractivity contribution in [3.63, 3.8) is 0 Å². The molecular weight excluding hydrogens is 183 g/mol. The van der Waals surface area contributed by atoms with Crippen LogP contribution in [-0.4, -0.2) is 24.4 Å². The second-order valence-corrected chi connectivity index (χ2v) is 3.45. The highest BCUT2D eigenvalue weighted by Gasteiger charge is 2.40. The predicted molar refractivity (Wildman–Crippen MR) is 42.2 cm³/mol. The fraction of sp³-hybridized carbons (Fsp3) is 1.00. The van der Waals surface area contributed by atoms with Crippen LogP contribution in [0.3, 0.4) is 0 Å². The van der Waals surface area contributed by atoms with Crippen LogP contribution in [0.25, 0.3) is 0 Å². The maximum Gasteiger partial charge on any atom is 0.414 e. The highest BCUT2D eigenvalue weighted by molar-refractivity contribution is 4.82. The first-order valence-corrected chi connectivity index (χ1v) is 4.39. The Morgan fingerprint density at radius 3 is 2.38 bits per heavy atom. The Morgan fingerprint density at radius 2 is 2.00 bits per heavy atom. The summed E-state index contributed by atoms with van der Waals surface area (Å²) in [6.07, 6.45) is -4.14. The summed E-state index contributed by atoms with van der Waals surface area (Å²) in [5.74, 6) is 0. The van der Waals surface area contributed by atoms with Crippen LogP contribution in [0.4, 0.5) is 13.2 Å². The van der Waals surface area contributed by atoms with Gasteiger partial charge in [0.1, 0.15) is 0 Å². The zero-order chi connectivity index (χ0) is 10.1. The van der Waals surface area contributed by atoms with Crippen LogP contribution in [-0.2, 0) is 4.74 Å². The van der Waals surface area contributed by atoms with Crippen molar-refractivity contribution < 1.29 is 17.9 Å². The lowest BCUT2D eigenvalue weighted by Gasteiger charge is -2.23. The summed E-state index contributed by atoms with van der Waals surface area (Å²) in [6.45, 7) is 1.02. The molecule has 3 unspecified atom stereocenters. The molecular formula is C8H14F3NO. The van der Waals surface area contributed by atoms with Crippen LogP contribution in [0.15, 0.2) is 0 Å². The smallest absolute Gasteiger partial charge is 0.364 e. The van der Waals surface area contributed by atoms with Crippen molar-refractivity contribution in [3.8, 4) is 0 Å². The minimum atomic E-state index is -4.28. The van der Waals surface area contributed by atoms with Gasteiger partial charge in [-0.1, -0.05) is 0 Å². The molecule has 2 N–H and O–H groups in total. The number of nitrogens with two attached hydrogens (primary N) is 1. The number of halogens is 3. The van der Waals surface area contributed by atoms with Crippen molar-refractivity contribution in [1.29, 1.82) is 0 Å². The number of ether oxygens (including phenoxy) is 1. The van der Waals surface area contributed by atoms with Gasteiger partial charge < -0.3 is 10.5 Å². The number of hydrogen-bond donors (Lipinski definition) is 1. The van der Waals surface area contributed by atoms with Crippen LogP contribution in [0.1, 0.15) is 26.2 Å². The van der Waals surface area contributed by atoms with Gasteiger partial charge in [0.15, 0.2) is 6.10 Å². The highest BCUT2D eigenvalue weighted by Crippen LogP contribution is 2.28. The van der Waals surface area contributed by atoms with Gasteiger partial charge in [-0.25, -0.2) is 0 Å². The average Bonchev–Trinajstić information content (AvgIpc) is 2.34. The van der Waals surface area contributed by atoms with Crippen molar-refractivity contribution >= 4 is 0 Å². The van der Waals surface area contributed by atoms with E-state index in [1.54, 1.807) is 0 Å². The number of hydrogen-bond acceptors (Lipinski definition) is 2. The molecule has 1 aliphatic carbocycles. The Balaban J connectivity index is 2.40. The minimum Gasteiger partial charge on any atom is -0.364 e. The molecule has 0 heterocycles. The fourth-order valence-electron chi connectivity index (χ4n) is 1.46. The number of rotatable bonds is 2. The summed E-state index contributed by atoms with van der Waals surface area (Å²) in [5, 5.41) is 0. The average molecular weight is 197 g/mol. The first kappa shape index (κ1) is 10.8. The topological polar surface area (TPSA) is 35.2 Å². The molecule has 0 aromatic rings.